The van der Waals surface area contributed by atoms with Crippen LogP contribution in [0.2, 0.25) is 0 Å². The van der Waals surface area contributed by atoms with E-state index in [1.165, 1.54) is 12.1 Å². The molecule has 2 unspecified atom stereocenters. The highest BCUT2D eigenvalue weighted by Gasteiger charge is 2.32. The van der Waals surface area contributed by atoms with Gasteiger partial charge in [-0.15, -0.1) is 0 Å². The minimum atomic E-state index is -0.547. The van der Waals surface area contributed by atoms with Crippen LogP contribution in [-0.2, 0) is 11.2 Å². The van der Waals surface area contributed by atoms with Crippen molar-refractivity contribution in [3.63, 3.8) is 0 Å². The van der Waals surface area contributed by atoms with Crippen molar-refractivity contribution in [2.45, 2.75) is 39.3 Å². The van der Waals surface area contributed by atoms with Crippen LogP contribution in [0, 0.1) is 17.0 Å². The molecule has 0 aromatic heterocycles. The molecule has 5 heteroatoms. The summed E-state index contributed by atoms with van der Waals surface area (Å²) in [6.07, 6.45) is 0.0638. The number of hydrogen-bond acceptors (Lipinski definition) is 2. The van der Waals surface area contributed by atoms with Crippen molar-refractivity contribution in [3.8, 4) is 0 Å². The van der Waals surface area contributed by atoms with Gasteiger partial charge in [-0.1, -0.05) is 20.8 Å². The molecule has 0 aliphatic rings. The molecule has 0 bridgehead atoms. The molecule has 0 aliphatic heterocycles. The average Bonchev–Trinajstić information content (AvgIpc) is 2.36. The van der Waals surface area contributed by atoms with Crippen molar-refractivity contribution in [2.75, 3.05) is 14.2 Å². The molecule has 0 radical (unpaired) electrons. The second-order valence-corrected chi connectivity index (χ2v) is 6.80. The second kappa shape index (κ2) is 6.96. The Hall–Kier alpha value is -0.520. The number of likely N-dealkylation sites (N-methyl/N-ethyl adjacent to an activating group) is 1. The lowest BCUT2D eigenvalue weighted by atomic mass is 9.82. The quantitative estimate of drug-likeness (QED) is 0.813. The lowest BCUT2D eigenvalue weighted by Crippen LogP contribution is -2.47. The number of nitrogens with one attached hydrogen (secondary N) is 1. The van der Waals surface area contributed by atoms with E-state index < -0.39 is 11.6 Å². The van der Waals surface area contributed by atoms with Gasteiger partial charge in [-0.3, -0.25) is 0 Å². The number of hydrogen-bond donors (Lipinski definition) is 1. The molecule has 1 rings (SSSR count). The van der Waals surface area contributed by atoms with Gasteiger partial charge < -0.3 is 10.1 Å². The Morgan fingerprint density at radius 2 is 1.90 bits per heavy atom. The van der Waals surface area contributed by atoms with E-state index in [0.29, 0.717) is 0 Å². The van der Waals surface area contributed by atoms with Crippen molar-refractivity contribution < 1.29 is 13.5 Å². The first kappa shape index (κ1) is 17.5. The molecule has 114 valence electrons. The van der Waals surface area contributed by atoms with Crippen LogP contribution in [0.1, 0.15) is 26.3 Å². The van der Waals surface area contributed by atoms with E-state index in [9.17, 15) is 8.78 Å². The second-order valence-electron chi connectivity index (χ2n) is 5.94. The van der Waals surface area contributed by atoms with Gasteiger partial charge in [-0.2, -0.15) is 0 Å². The Morgan fingerprint density at radius 1 is 1.30 bits per heavy atom. The fourth-order valence-electron chi connectivity index (χ4n) is 2.46. The third-order valence-corrected chi connectivity index (χ3v) is 4.02. The van der Waals surface area contributed by atoms with Gasteiger partial charge in [0.2, 0.25) is 0 Å². The van der Waals surface area contributed by atoms with Gasteiger partial charge in [0.1, 0.15) is 11.6 Å². The third kappa shape index (κ3) is 3.99. The number of rotatable bonds is 5. The molecule has 1 aromatic rings. The summed E-state index contributed by atoms with van der Waals surface area (Å²) in [6.45, 7) is 6.12. The third-order valence-electron chi connectivity index (χ3n) is 3.41. The first-order valence-electron chi connectivity index (χ1n) is 6.54. The molecule has 1 N–H and O–H groups in total. The van der Waals surface area contributed by atoms with E-state index in [0.717, 1.165) is 0 Å². The number of ether oxygens (including phenoxy) is 1. The summed E-state index contributed by atoms with van der Waals surface area (Å²) in [7, 11) is 3.39. The Balaban J connectivity index is 3.08. The molecule has 1 aromatic carbocycles. The highest BCUT2D eigenvalue weighted by atomic mass is 79.9. The topological polar surface area (TPSA) is 21.3 Å². The maximum absolute atomic E-state index is 14.1. The van der Waals surface area contributed by atoms with Crippen LogP contribution in [0.25, 0.3) is 0 Å². The van der Waals surface area contributed by atoms with Crippen molar-refractivity contribution in [3.05, 3.63) is 33.8 Å². The normalized spacial score (nSPS) is 15.2. The molecule has 0 heterocycles. The molecule has 20 heavy (non-hydrogen) atoms. The highest BCUT2D eigenvalue weighted by molar-refractivity contribution is 9.10. The van der Waals surface area contributed by atoms with Crippen molar-refractivity contribution >= 4 is 15.9 Å². The SMILES string of the molecule is CNC(Cc1c(F)ccc(Br)c1F)C(OC)C(C)(C)C. The van der Waals surface area contributed by atoms with E-state index in [2.05, 4.69) is 21.2 Å². The largest absolute Gasteiger partial charge is 0.379 e. The molecule has 0 aliphatic carbocycles. The van der Waals surface area contributed by atoms with Gasteiger partial charge in [0.15, 0.2) is 0 Å². The Labute approximate surface area is 128 Å². The fourth-order valence-corrected chi connectivity index (χ4v) is 2.83. The molecule has 2 atom stereocenters. The fraction of sp³-hybridized carbons (Fsp3) is 0.600. The predicted octanol–water partition coefficient (Wildman–Crippen LogP) is 3.92. The highest BCUT2D eigenvalue weighted by Crippen LogP contribution is 2.28. The van der Waals surface area contributed by atoms with E-state index >= 15 is 0 Å². The summed E-state index contributed by atoms with van der Waals surface area (Å²) in [6, 6.07) is 2.46. The summed E-state index contributed by atoms with van der Waals surface area (Å²) >= 11 is 3.09. The Morgan fingerprint density at radius 3 is 2.35 bits per heavy atom. The van der Waals surface area contributed by atoms with Crippen LogP contribution in [0.5, 0.6) is 0 Å². The standard InChI is InChI=1S/C15H22BrF2NO/c1-15(2,3)14(20-5)12(19-4)8-9-11(17)7-6-10(16)13(9)18/h6-7,12,14,19H,8H2,1-5H3. The van der Waals surface area contributed by atoms with Gasteiger partial charge >= 0.3 is 0 Å². The summed E-state index contributed by atoms with van der Waals surface area (Å²) in [5.41, 5.74) is -0.0634. The summed E-state index contributed by atoms with van der Waals surface area (Å²) in [5, 5.41) is 3.11. The van der Waals surface area contributed by atoms with E-state index in [1.807, 2.05) is 20.8 Å². The zero-order chi connectivity index (χ0) is 15.5. The Kier molecular flexibility index (Phi) is 6.10. The summed E-state index contributed by atoms with van der Waals surface area (Å²) in [4.78, 5) is 0. The minimum absolute atomic E-state index is 0.0741. The first-order chi connectivity index (χ1) is 9.22. The molecular formula is C15H22BrF2NO. The number of halogens is 3. The monoisotopic (exact) mass is 349 g/mol. The van der Waals surface area contributed by atoms with Gasteiger partial charge in [0, 0.05) is 18.7 Å². The molecule has 0 saturated carbocycles. The zero-order valence-electron chi connectivity index (χ0n) is 12.6. The smallest absolute Gasteiger partial charge is 0.143 e. The van der Waals surface area contributed by atoms with Crippen molar-refractivity contribution in [1.82, 2.24) is 5.32 Å². The minimum Gasteiger partial charge on any atom is -0.379 e. The van der Waals surface area contributed by atoms with Crippen LogP contribution < -0.4 is 5.32 Å². The molecular weight excluding hydrogens is 328 g/mol. The van der Waals surface area contributed by atoms with E-state index in [4.69, 9.17) is 4.74 Å². The molecule has 0 fully saturated rings. The molecule has 0 saturated heterocycles. The average molecular weight is 350 g/mol. The van der Waals surface area contributed by atoms with Gasteiger partial charge in [0.25, 0.3) is 0 Å². The molecule has 0 spiro atoms. The van der Waals surface area contributed by atoms with E-state index in [1.54, 1.807) is 14.2 Å². The van der Waals surface area contributed by atoms with Gasteiger partial charge in [0.05, 0.1) is 10.6 Å². The van der Waals surface area contributed by atoms with Crippen LogP contribution in [0.4, 0.5) is 8.78 Å². The molecule has 0 amide bonds. The number of methoxy groups -OCH3 is 1. The predicted molar refractivity (Wildman–Crippen MR) is 80.9 cm³/mol. The van der Waals surface area contributed by atoms with Crippen LogP contribution >= 0.6 is 15.9 Å². The maximum atomic E-state index is 14.1. The van der Waals surface area contributed by atoms with Gasteiger partial charge in [-0.05, 0) is 46.9 Å². The summed E-state index contributed by atoms with van der Waals surface area (Å²) < 4.78 is 33.7. The molecule has 2 nitrogen and oxygen atoms in total. The lowest BCUT2D eigenvalue weighted by molar-refractivity contribution is -0.00955. The summed E-state index contributed by atoms with van der Waals surface area (Å²) in [5.74, 6) is -1.08. The van der Waals surface area contributed by atoms with Gasteiger partial charge in [-0.25, -0.2) is 8.78 Å². The van der Waals surface area contributed by atoms with E-state index in [-0.39, 0.29) is 34.0 Å². The van der Waals surface area contributed by atoms with Crippen molar-refractivity contribution in [1.29, 1.82) is 0 Å². The van der Waals surface area contributed by atoms with Crippen LogP contribution in [0.3, 0.4) is 0 Å². The number of benzene rings is 1. The first-order valence-corrected chi connectivity index (χ1v) is 7.34. The lowest BCUT2D eigenvalue weighted by Gasteiger charge is -2.36. The zero-order valence-corrected chi connectivity index (χ0v) is 14.1. The van der Waals surface area contributed by atoms with Crippen molar-refractivity contribution in [2.24, 2.45) is 5.41 Å². The maximum Gasteiger partial charge on any atom is 0.143 e. The van der Waals surface area contributed by atoms with Crippen LogP contribution in [-0.4, -0.2) is 26.3 Å². The Bertz CT molecular complexity index is 460. The van der Waals surface area contributed by atoms with Crippen LogP contribution in [0.15, 0.2) is 16.6 Å².